The minimum Gasteiger partial charge on any atom is -0.359 e. The molecule has 6 unspecified atom stereocenters. The van der Waals surface area contributed by atoms with Gasteiger partial charge in [0.15, 0.2) is 0 Å². The molecule has 3 aromatic heterocycles. The van der Waals surface area contributed by atoms with E-state index in [9.17, 15) is 22.4 Å². The first-order valence-electron chi connectivity index (χ1n) is 52.8. The predicted octanol–water partition coefficient (Wildman–Crippen LogP) is 8.24. The fourth-order valence-corrected chi connectivity index (χ4v) is 33.3. The van der Waals surface area contributed by atoms with Crippen LogP contribution in [0.15, 0.2) is 180 Å². The standard InChI is InChI=1S/2C32H36F2N2O.C28H29NO2.3CH4.B37/c2*1-29-10-8-25-17-24-4-5-26(36-15-13-31(33,34)20-36)18-30(24)11-12-32(25,37-30)28(29)7-6-27(29)22-3-2-21-9-14-35-19-23(21)16-22;1-26-10-8-22-15-21-4-5-23(30)16-27(21)11-12-28(22,31-27)25(26)7-6-24(26)19-3-2-18-9-13-29-17-20(18)14-19;;;;1-20-30(21(2)3)35(31(22(4)5)23(6)7)37(34(28(16)17)29(18)19)36(32(24(8)9)25(10)11)33(26(12)13)27(14)15/h2*2-3,8-9,14,16-17,19,26-28H,4-7,10-13,15,18,20H2,1H3;2-3,8-9,13-15,17,24-25H,4-7,10-12,16H2,1H3;3*1H4;/t26-,27?,28+,29+,30?,32+;26-,27?,28-,29-,30?,32-;24?,25-,26-,27?,28-;;;;/m011..../s1. The summed E-state index contributed by atoms with van der Waals surface area (Å²) in [4.78, 5) is 29.6. The lowest BCUT2D eigenvalue weighted by atomic mass is 8.28. The Bertz CT molecular complexity index is 5710. The van der Waals surface area contributed by atoms with Gasteiger partial charge >= 0.3 is 0 Å². The second-order valence-corrected chi connectivity index (χ2v) is 47.2. The molecule has 6 aromatic rings. The van der Waals surface area contributed by atoms with Crippen LogP contribution in [0.2, 0.25) is 0 Å². The fraction of sp³-hybridized carbons (Fsp3) is 0.579. The van der Waals surface area contributed by atoms with Crippen LogP contribution in [0.4, 0.5) is 17.6 Å². The Labute approximate surface area is 897 Å². The molecule has 6 spiro atoms. The zero-order valence-electron chi connectivity index (χ0n) is 82.9. The molecule has 8 aliphatic heterocycles. The van der Waals surface area contributed by atoms with Crippen molar-refractivity contribution in [1.82, 2.24) is 24.8 Å². The maximum Gasteiger partial charge on any atom is 0.261 e. The first-order valence-corrected chi connectivity index (χ1v) is 52.8. The molecule has 11 fully saturated rings. The molecule has 5 saturated heterocycles. The SMILES string of the molecule is C.C.C.C[C@]12CC=C3C=C4CCC(=O)CC45CC[C@]3(O5)[C@@H]1CCC2c1ccc2ccncc2c1.C[C@]12CC=C3C=C4CC[C@@H](N5CCC(F)(F)C5)CC45CC[C@]3(O5)[C@@H]1CCC2c1ccc2ccncc2c1.C[C@]12CC=C3C=C4CC[C@H](N5CCC(F)(F)C5)CC45CC[C@]3(O5)[C@@H]1CCC2c1ccc2ccncc2c1.[B][B]B(B([B])[B])B(B(B([B])[B])B([B])[B])B(B(B([B])[B])B([B])[B])B(B(B([B])[B])B([B])[B])B(B([B])[B])B([B])[B]. The van der Waals surface area contributed by atoms with Crippen molar-refractivity contribution in [3.8, 4) is 0 Å². The lowest BCUT2D eigenvalue weighted by Crippen LogP contribution is -2.91. The topological polar surface area (TPSA) is 89.9 Å². The summed E-state index contributed by atoms with van der Waals surface area (Å²) >= 11 is 0. The first kappa shape index (κ1) is 112. The Balaban J connectivity index is 0.000000132. The molecular weight excluding hydrogens is 1750 g/mol. The van der Waals surface area contributed by atoms with Crippen LogP contribution < -0.4 is 0 Å². The van der Waals surface area contributed by atoms with E-state index in [1.54, 1.807) is 0 Å². The van der Waals surface area contributed by atoms with Crippen molar-refractivity contribution < 1.29 is 36.6 Å². The maximum atomic E-state index is 14.0. The number of ketones is 1. The molecule has 23 rings (SSSR count). The summed E-state index contributed by atoms with van der Waals surface area (Å²) in [7, 11) is 119. The normalized spacial score (nSPS) is 32.7. The third kappa shape index (κ3) is 19.7. The number of pyridine rings is 3. The van der Waals surface area contributed by atoms with E-state index in [0.717, 1.165) is 103 Å². The number of allylic oxidation sites excluding steroid dienone is 3. The molecule has 0 amide bonds. The minimum atomic E-state index is -2.53. The molecule has 39 radical (unpaired) electrons. The van der Waals surface area contributed by atoms with E-state index in [1.807, 2.05) is 37.2 Å². The number of nitrogens with zero attached hydrogens (tertiary/aromatic N) is 5. The highest BCUT2D eigenvalue weighted by molar-refractivity contribution is 8.31. The summed E-state index contributed by atoms with van der Waals surface area (Å²) in [5.41, 5.74) is 12.0. The predicted molar refractivity (Wildman–Crippen MR) is 635 cm³/mol. The van der Waals surface area contributed by atoms with Gasteiger partial charge in [0.1, 0.15) is 5.78 Å². The van der Waals surface area contributed by atoms with Crippen molar-refractivity contribution >= 4 is 301 Å². The van der Waals surface area contributed by atoms with Crippen molar-refractivity contribution in [3.63, 3.8) is 0 Å². The highest BCUT2D eigenvalue weighted by Gasteiger charge is 2.72. The number of carbonyl (C=O) groups excluding carboxylic acids is 1. The first-order chi connectivity index (χ1) is 67.5. The van der Waals surface area contributed by atoms with Crippen molar-refractivity contribution in [3.05, 3.63) is 197 Å². The molecule has 17 aliphatic rings. The molecule has 9 nitrogen and oxygen atoms in total. The smallest absolute Gasteiger partial charge is 0.261 e. The molecular formula is C95H113B37F4N5O4. The number of aromatic nitrogens is 3. The van der Waals surface area contributed by atoms with Crippen LogP contribution in [0.3, 0.4) is 0 Å². The molecule has 3 aromatic carbocycles. The lowest BCUT2D eigenvalue weighted by molar-refractivity contribution is -0.146. The summed E-state index contributed by atoms with van der Waals surface area (Å²) < 4.78 is 78.1. The number of carbonyl (C=O) groups is 1. The molecule has 50 heteroatoms. The van der Waals surface area contributed by atoms with Gasteiger partial charge in [-0.3, -0.25) is 29.5 Å². The Morgan fingerprint density at radius 1 is 0.366 bits per heavy atom. The number of fused-ring (bicyclic) bond motifs is 6. The summed E-state index contributed by atoms with van der Waals surface area (Å²) in [6.07, 6.45) is 33.2. The lowest BCUT2D eigenvalue weighted by Gasteiger charge is -2.55. The van der Waals surface area contributed by atoms with Crippen LogP contribution in [0.1, 0.15) is 244 Å². The highest BCUT2D eigenvalue weighted by atomic mass is 19.3. The van der Waals surface area contributed by atoms with Gasteiger partial charge in [0.05, 0.1) is 46.7 Å². The van der Waals surface area contributed by atoms with Crippen LogP contribution >= 0.6 is 0 Å². The van der Waals surface area contributed by atoms with Gasteiger partial charge in [-0.15, -0.1) is 0 Å². The Morgan fingerprint density at radius 2 is 0.683 bits per heavy atom. The van der Waals surface area contributed by atoms with Gasteiger partial charge in [-0.25, -0.2) is 17.6 Å². The fourth-order valence-electron chi connectivity index (χ4n) is 33.3. The Hall–Kier alpha value is -4.08. The van der Waals surface area contributed by atoms with Crippen molar-refractivity contribution in [1.29, 1.82) is 0 Å². The summed E-state index contributed by atoms with van der Waals surface area (Å²) in [5.74, 6) is -1.64. The average molecular weight is 1870 g/mol. The molecule has 6 bridgehead atoms. The van der Waals surface area contributed by atoms with Crippen molar-refractivity contribution in [2.24, 2.45) is 34.0 Å². The number of halogens is 4. The van der Waals surface area contributed by atoms with Crippen molar-refractivity contribution in [2.75, 3.05) is 26.2 Å². The van der Waals surface area contributed by atoms with Crippen LogP contribution in [-0.2, 0) is 19.0 Å². The highest BCUT2D eigenvalue weighted by Crippen LogP contribution is 2.74. The van der Waals surface area contributed by atoms with Crippen LogP contribution in [0.25, 0.3) is 32.3 Å². The monoisotopic (exact) mass is 1870 g/mol. The molecule has 17 atom stereocenters. The van der Waals surface area contributed by atoms with E-state index in [4.69, 9.17) is 161 Å². The second kappa shape index (κ2) is 42.5. The number of likely N-dealkylation sites (tertiary alicyclic amines) is 2. The second-order valence-electron chi connectivity index (χ2n) is 47.2. The van der Waals surface area contributed by atoms with Crippen LogP contribution in [0, 0.1) is 34.0 Å². The number of hydrogen-bond acceptors (Lipinski definition) is 9. The molecule has 681 valence electrons. The van der Waals surface area contributed by atoms with Gasteiger partial charge in [0.25, 0.3) is 11.8 Å². The molecule has 6 saturated carbocycles. The summed E-state index contributed by atoms with van der Waals surface area (Å²) in [6, 6.07) is 27.6. The average Bonchev–Trinajstić information content (AvgIpc) is 1.53. The number of rotatable bonds is 22. The van der Waals surface area contributed by atoms with Gasteiger partial charge in [-0.05, 0) is 296 Å². The number of Topliss-reactive ketones (excluding diaryl/α,β-unsaturated/α-hetero) is 1. The van der Waals surface area contributed by atoms with Gasteiger partial charge < -0.3 is 14.2 Å². The largest absolute Gasteiger partial charge is 0.359 e. The van der Waals surface area contributed by atoms with Gasteiger partial charge in [0, 0.05) is 367 Å². The molecule has 11 heterocycles. The van der Waals surface area contributed by atoms with E-state index in [0.29, 0.717) is 67.2 Å². The van der Waals surface area contributed by atoms with E-state index < -0.39 is 120 Å². The molecule has 9 aliphatic carbocycles. The van der Waals surface area contributed by atoms with Crippen molar-refractivity contribution in [2.45, 2.75) is 285 Å². The van der Waals surface area contributed by atoms with Gasteiger partial charge in [-0.1, -0.05) is 116 Å². The molecule has 0 N–H and O–H groups in total. The zero-order chi connectivity index (χ0) is 100. The minimum absolute atomic E-state index is 0. The molecule has 145 heavy (non-hydrogen) atoms. The number of benzene rings is 3. The quantitative estimate of drug-likeness (QED) is 0.0493. The third-order valence-corrected chi connectivity index (χ3v) is 39.8. The number of ether oxygens (including phenoxy) is 3. The van der Waals surface area contributed by atoms with Gasteiger partial charge in [0.2, 0.25) is 0 Å². The number of alkyl halides is 4. The van der Waals surface area contributed by atoms with Crippen LogP contribution in [0.5, 0.6) is 0 Å². The van der Waals surface area contributed by atoms with E-state index in [2.05, 4.69) is 155 Å². The summed E-state index contributed by atoms with van der Waals surface area (Å²) in [5, 5.41) is 7.43. The van der Waals surface area contributed by atoms with Crippen LogP contribution in [-0.4, -0.2) is 377 Å². The van der Waals surface area contributed by atoms with E-state index >= 15 is 0 Å². The van der Waals surface area contributed by atoms with Gasteiger partial charge in [-0.2, -0.15) is 0 Å². The summed E-state index contributed by atoms with van der Waals surface area (Å²) in [6.45, 7) is 8.41. The zero-order valence-corrected chi connectivity index (χ0v) is 82.9. The maximum absolute atomic E-state index is 14.0. The van der Waals surface area contributed by atoms with E-state index in [-0.39, 0.29) is 110 Å². The Morgan fingerprint density at radius 3 is 1.00 bits per heavy atom. The van der Waals surface area contributed by atoms with E-state index in [1.165, 1.54) is 128 Å². The number of hydrogen-bond donors (Lipinski definition) is 0. The Kier molecular flexibility index (Phi) is 32.9. The third-order valence-electron chi connectivity index (χ3n) is 39.8.